The summed E-state index contributed by atoms with van der Waals surface area (Å²) < 4.78 is 11.1. The van der Waals surface area contributed by atoms with E-state index in [9.17, 15) is 0 Å². The maximum absolute atomic E-state index is 5.53. The van der Waals surface area contributed by atoms with Gasteiger partial charge in [0, 0.05) is 13.2 Å². The Morgan fingerprint density at radius 1 is 1.08 bits per heavy atom. The summed E-state index contributed by atoms with van der Waals surface area (Å²) in [6.45, 7) is 10.1. The first kappa shape index (κ1) is 12.1. The SMILES string of the molecule is CCO[Si](CC(C)CC)OCC. The quantitative estimate of drug-likeness (QED) is 0.573. The Labute approximate surface area is 78.1 Å². The zero-order valence-corrected chi connectivity index (χ0v) is 9.72. The van der Waals surface area contributed by atoms with Crippen LogP contribution in [0.4, 0.5) is 0 Å². The van der Waals surface area contributed by atoms with Gasteiger partial charge in [-0.1, -0.05) is 20.3 Å². The molecule has 3 heteroatoms. The molecule has 0 aromatic carbocycles. The highest BCUT2D eigenvalue weighted by Gasteiger charge is 2.17. The topological polar surface area (TPSA) is 18.5 Å². The standard InChI is InChI=1S/C9H21O2Si/c1-5-9(4)8-12(10-6-2)11-7-3/h9H,5-8H2,1-4H3. The minimum absolute atomic E-state index is 0.733. The van der Waals surface area contributed by atoms with Gasteiger partial charge < -0.3 is 8.85 Å². The summed E-state index contributed by atoms with van der Waals surface area (Å²) in [5.74, 6) is 0.733. The molecular weight excluding hydrogens is 168 g/mol. The smallest absolute Gasteiger partial charge is 0.384 e. The molecule has 0 N–H and O–H groups in total. The summed E-state index contributed by atoms with van der Waals surface area (Å²) in [5.41, 5.74) is 0. The summed E-state index contributed by atoms with van der Waals surface area (Å²) in [4.78, 5) is 0. The summed E-state index contributed by atoms with van der Waals surface area (Å²) >= 11 is 0. The van der Waals surface area contributed by atoms with Gasteiger partial charge in [0.1, 0.15) is 0 Å². The highest BCUT2D eigenvalue weighted by Crippen LogP contribution is 2.11. The van der Waals surface area contributed by atoms with E-state index < -0.39 is 9.28 Å². The molecule has 0 spiro atoms. The minimum atomic E-state index is -0.958. The van der Waals surface area contributed by atoms with Gasteiger partial charge in [-0.05, 0) is 25.8 Å². The van der Waals surface area contributed by atoms with Gasteiger partial charge in [-0.3, -0.25) is 0 Å². The molecular formula is C9H21O2Si. The molecule has 0 aromatic heterocycles. The fourth-order valence-corrected chi connectivity index (χ4v) is 2.73. The molecule has 0 fully saturated rings. The van der Waals surface area contributed by atoms with Crippen LogP contribution in [-0.4, -0.2) is 22.5 Å². The van der Waals surface area contributed by atoms with E-state index in [0.717, 1.165) is 25.2 Å². The summed E-state index contributed by atoms with van der Waals surface area (Å²) in [5, 5.41) is 0. The van der Waals surface area contributed by atoms with Crippen molar-refractivity contribution in [3.63, 3.8) is 0 Å². The van der Waals surface area contributed by atoms with E-state index in [2.05, 4.69) is 13.8 Å². The summed E-state index contributed by atoms with van der Waals surface area (Å²) in [6.07, 6.45) is 1.22. The Hall–Kier alpha value is 0.137. The van der Waals surface area contributed by atoms with Crippen molar-refractivity contribution in [2.75, 3.05) is 13.2 Å². The first-order chi connectivity index (χ1) is 5.74. The van der Waals surface area contributed by atoms with E-state index in [-0.39, 0.29) is 0 Å². The average molecular weight is 189 g/mol. The minimum Gasteiger partial charge on any atom is -0.394 e. The monoisotopic (exact) mass is 189 g/mol. The zero-order chi connectivity index (χ0) is 9.40. The van der Waals surface area contributed by atoms with Crippen molar-refractivity contribution in [3.8, 4) is 0 Å². The fourth-order valence-electron chi connectivity index (χ4n) is 0.910. The van der Waals surface area contributed by atoms with E-state index >= 15 is 0 Å². The molecule has 2 nitrogen and oxygen atoms in total. The predicted molar refractivity (Wildman–Crippen MR) is 53.3 cm³/mol. The third kappa shape index (κ3) is 5.74. The van der Waals surface area contributed by atoms with Gasteiger partial charge >= 0.3 is 9.28 Å². The third-order valence-electron chi connectivity index (χ3n) is 1.82. The highest BCUT2D eigenvalue weighted by atomic mass is 28.3. The van der Waals surface area contributed by atoms with Crippen LogP contribution in [0.15, 0.2) is 0 Å². The van der Waals surface area contributed by atoms with Crippen LogP contribution in [-0.2, 0) is 8.85 Å². The molecule has 0 rings (SSSR count). The van der Waals surface area contributed by atoms with E-state index in [1.807, 2.05) is 13.8 Å². The van der Waals surface area contributed by atoms with Crippen molar-refractivity contribution < 1.29 is 8.85 Å². The molecule has 1 radical (unpaired) electrons. The van der Waals surface area contributed by atoms with Gasteiger partial charge in [-0.2, -0.15) is 0 Å². The Bertz CT molecular complexity index is 92.5. The molecule has 0 heterocycles. The normalized spacial score (nSPS) is 13.8. The van der Waals surface area contributed by atoms with Gasteiger partial charge in [0.15, 0.2) is 0 Å². The Kier molecular flexibility index (Phi) is 7.86. The lowest BCUT2D eigenvalue weighted by atomic mass is 10.2. The van der Waals surface area contributed by atoms with Gasteiger partial charge in [0.25, 0.3) is 0 Å². The fraction of sp³-hybridized carbons (Fsp3) is 1.00. The van der Waals surface area contributed by atoms with Crippen molar-refractivity contribution >= 4 is 9.28 Å². The predicted octanol–water partition coefficient (Wildman–Crippen LogP) is 2.59. The Morgan fingerprint density at radius 2 is 1.58 bits per heavy atom. The van der Waals surface area contributed by atoms with Gasteiger partial charge in [-0.15, -0.1) is 0 Å². The first-order valence-electron chi connectivity index (χ1n) is 4.85. The Morgan fingerprint density at radius 3 is 1.92 bits per heavy atom. The van der Waals surface area contributed by atoms with E-state index in [4.69, 9.17) is 8.85 Å². The lowest BCUT2D eigenvalue weighted by molar-refractivity contribution is 0.208. The van der Waals surface area contributed by atoms with E-state index in [1.54, 1.807) is 0 Å². The third-order valence-corrected chi connectivity index (χ3v) is 4.07. The van der Waals surface area contributed by atoms with Crippen molar-refractivity contribution in [2.45, 2.75) is 40.2 Å². The van der Waals surface area contributed by atoms with E-state index in [0.29, 0.717) is 0 Å². The van der Waals surface area contributed by atoms with E-state index in [1.165, 1.54) is 6.42 Å². The Balaban J connectivity index is 3.61. The molecule has 0 saturated carbocycles. The van der Waals surface area contributed by atoms with Crippen LogP contribution >= 0.6 is 0 Å². The van der Waals surface area contributed by atoms with Gasteiger partial charge in [0.05, 0.1) is 0 Å². The van der Waals surface area contributed by atoms with Crippen LogP contribution in [0.2, 0.25) is 6.04 Å². The molecule has 0 aliphatic heterocycles. The van der Waals surface area contributed by atoms with Gasteiger partial charge in [-0.25, -0.2) is 0 Å². The maximum Gasteiger partial charge on any atom is 0.384 e. The summed E-state index contributed by atoms with van der Waals surface area (Å²) in [7, 11) is -0.958. The number of hydrogen-bond acceptors (Lipinski definition) is 2. The highest BCUT2D eigenvalue weighted by molar-refractivity contribution is 6.44. The maximum atomic E-state index is 5.53. The molecule has 0 aliphatic rings. The van der Waals surface area contributed by atoms with Gasteiger partial charge in [0.2, 0.25) is 0 Å². The molecule has 0 aromatic rings. The zero-order valence-electron chi connectivity index (χ0n) is 8.72. The van der Waals surface area contributed by atoms with Crippen molar-refractivity contribution in [1.82, 2.24) is 0 Å². The lowest BCUT2D eigenvalue weighted by Gasteiger charge is -2.16. The molecule has 0 bridgehead atoms. The van der Waals surface area contributed by atoms with Crippen molar-refractivity contribution in [2.24, 2.45) is 5.92 Å². The second kappa shape index (κ2) is 7.77. The molecule has 0 amide bonds. The molecule has 73 valence electrons. The van der Waals surface area contributed by atoms with Crippen molar-refractivity contribution in [1.29, 1.82) is 0 Å². The number of rotatable bonds is 7. The van der Waals surface area contributed by atoms with Crippen LogP contribution in [0.5, 0.6) is 0 Å². The average Bonchev–Trinajstić information content (AvgIpc) is 2.05. The molecule has 1 atom stereocenters. The largest absolute Gasteiger partial charge is 0.394 e. The van der Waals surface area contributed by atoms with Crippen LogP contribution in [0, 0.1) is 5.92 Å². The second-order valence-corrected chi connectivity index (χ2v) is 4.69. The molecule has 12 heavy (non-hydrogen) atoms. The molecule has 0 aliphatic carbocycles. The first-order valence-corrected chi connectivity index (χ1v) is 6.38. The van der Waals surface area contributed by atoms with Crippen molar-refractivity contribution in [3.05, 3.63) is 0 Å². The van der Waals surface area contributed by atoms with Crippen LogP contribution < -0.4 is 0 Å². The summed E-state index contributed by atoms with van der Waals surface area (Å²) in [6, 6.07) is 1.11. The molecule has 1 unspecified atom stereocenters. The molecule has 0 saturated heterocycles. The van der Waals surface area contributed by atoms with Crippen LogP contribution in [0.25, 0.3) is 0 Å². The lowest BCUT2D eigenvalue weighted by Crippen LogP contribution is -2.25. The van der Waals surface area contributed by atoms with Crippen LogP contribution in [0.3, 0.4) is 0 Å². The second-order valence-electron chi connectivity index (χ2n) is 2.96. The number of hydrogen-bond donors (Lipinski definition) is 0. The van der Waals surface area contributed by atoms with Crippen LogP contribution in [0.1, 0.15) is 34.1 Å².